The molecule has 66 valence electrons. The number of hydrogen-bond acceptors (Lipinski definition) is 1. The molecule has 0 spiro atoms. The van der Waals surface area contributed by atoms with Crippen LogP contribution in [0.2, 0.25) is 5.02 Å². The summed E-state index contributed by atoms with van der Waals surface area (Å²) in [6.07, 6.45) is 0.0469. The van der Waals surface area contributed by atoms with Crippen molar-refractivity contribution in [3.63, 3.8) is 0 Å². The van der Waals surface area contributed by atoms with Crippen molar-refractivity contribution in [1.82, 2.24) is 0 Å². The Kier molecular flexibility index (Phi) is 3.56. The fraction of sp³-hybridized carbons (Fsp3) is 0.333. The van der Waals surface area contributed by atoms with Crippen molar-refractivity contribution in [2.24, 2.45) is 0 Å². The Morgan fingerprint density at radius 1 is 1.50 bits per heavy atom. The van der Waals surface area contributed by atoms with Gasteiger partial charge in [-0.05, 0) is 24.6 Å². The molecule has 0 radical (unpaired) electrons. The van der Waals surface area contributed by atoms with Gasteiger partial charge in [-0.2, -0.15) is 0 Å². The molecule has 1 rings (SSSR count). The summed E-state index contributed by atoms with van der Waals surface area (Å²) in [5.41, 5.74) is 1.02. The fourth-order valence-electron chi connectivity index (χ4n) is 0.958. The van der Waals surface area contributed by atoms with Crippen LogP contribution in [0.5, 0.6) is 0 Å². The van der Waals surface area contributed by atoms with Crippen LogP contribution in [0.4, 0.5) is 0 Å². The summed E-state index contributed by atoms with van der Waals surface area (Å²) in [5, 5.41) is 0.735. The van der Waals surface area contributed by atoms with Crippen molar-refractivity contribution in [3.05, 3.63) is 33.3 Å². The van der Waals surface area contributed by atoms with Gasteiger partial charge in [-0.3, -0.25) is 0 Å². The maximum atomic E-state index is 5.99. The molecular formula is C9H10BrClO. The van der Waals surface area contributed by atoms with Gasteiger partial charge in [0.05, 0.1) is 6.10 Å². The first-order valence-electron chi connectivity index (χ1n) is 3.63. The van der Waals surface area contributed by atoms with E-state index >= 15 is 0 Å². The van der Waals surface area contributed by atoms with Gasteiger partial charge in [0.15, 0.2) is 0 Å². The van der Waals surface area contributed by atoms with Crippen LogP contribution in [0.25, 0.3) is 0 Å². The number of halogens is 2. The van der Waals surface area contributed by atoms with Crippen molar-refractivity contribution in [2.45, 2.75) is 13.0 Å². The Morgan fingerprint density at radius 3 is 2.67 bits per heavy atom. The Bertz CT molecular complexity index is 275. The Balaban J connectivity index is 3.01. The second kappa shape index (κ2) is 4.26. The van der Waals surface area contributed by atoms with Crippen molar-refractivity contribution in [2.75, 3.05) is 7.11 Å². The maximum absolute atomic E-state index is 5.99. The van der Waals surface area contributed by atoms with Crippen LogP contribution in [0, 0.1) is 0 Å². The topological polar surface area (TPSA) is 9.23 Å². The van der Waals surface area contributed by atoms with Crippen molar-refractivity contribution in [3.8, 4) is 0 Å². The van der Waals surface area contributed by atoms with E-state index in [1.54, 1.807) is 7.11 Å². The number of benzene rings is 1. The van der Waals surface area contributed by atoms with Gasteiger partial charge in [0.2, 0.25) is 0 Å². The van der Waals surface area contributed by atoms with Crippen LogP contribution < -0.4 is 0 Å². The predicted octanol–water partition coefficient (Wildman–Crippen LogP) is 3.81. The molecule has 0 saturated carbocycles. The van der Waals surface area contributed by atoms with Crippen molar-refractivity contribution >= 4 is 27.5 Å². The lowest BCUT2D eigenvalue weighted by atomic mass is 10.1. The predicted molar refractivity (Wildman–Crippen MR) is 54.6 cm³/mol. The van der Waals surface area contributed by atoms with E-state index in [1.807, 2.05) is 25.1 Å². The molecule has 0 aliphatic rings. The SMILES string of the molecule is COC(C)c1ccc(Br)cc1Cl. The summed E-state index contributed by atoms with van der Waals surface area (Å²) in [7, 11) is 1.67. The lowest BCUT2D eigenvalue weighted by Gasteiger charge is -2.11. The van der Waals surface area contributed by atoms with Gasteiger partial charge in [-0.25, -0.2) is 0 Å². The highest BCUT2D eigenvalue weighted by Gasteiger charge is 2.07. The average molecular weight is 250 g/mol. The van der Waals surface area contributed by atoms with Crippen molar-refractivity contribution in [1.29, 1.82) is 0 Å². The fourth-order valence-corrected chi connectivity index (χ4v) is 1.79. The molecule has 1 unspecified atom stereocenters. The minimum Gasteiger partial charge on any atom is -0.377 e. The summed E-state index contributed by atoms with van der Waals surface area (Å²) in [6, 6.07) is 5.78. The summed E-state index contributed by atoms with van der Waals surface area (Å²) in [5.74, 6) is 0. The lowest BCUT2D eigenvalue weighted by Crippen LogP contribution is -1.96. The van der Waals surface area contributed by atoms with Gasteiger partial charge in [0, 0.05) is 16.6 Å². The van der Waals surface area contributed by atoms with Gasteiger partial charge in [0.1, 0.15) is 0 Å². The van der Waals surface area contributed by atoms with Crippen LogP contribution in [0.3, 0.4) is 0 Å². The smallest absolute Gasteiger partial charge is 0.0807 e. The highest BCUT2D eigenvalue weighted by molar-refractivity contribution is 9.10. The van der Waals surface area contributed by atoms with E-state index in [4.69, 9.17) is 16.3 Å². The molecule has 0 aliphatic carbocycles. The molecule has 1 aromatic rings. The molecular weight excluding hydrogens is 239 g/mol. The zero-order chi connectivity index (χ0) is 9.14. The van der Waals surface area contributed by atoms with E-state index in [2.05, 4.69) is 15.9 Å². The monoisotopic (exact) mass is 248 g/mol. The minimum absolute atomic E-state index is 0.0469. The maximum Gasteiger partial charge on any atom is 0.0807 e. The third kappa shape index (κ3) is 2.22. The van der Waals surface area contributed by atoms with Crippen molar-refractivity contribution < 1.29 is 4.74 Å². The zero-order valence-corrected chi connectivity index (χ0v) is 9.32. The summed E-state index contributed by atoms with van der Waals surface area (Å²) >= 11 is 9.34. The molecule has 1 nitrogen and oxygen atoms in total. The molecule has 12 heavy (non-hydrogen) atoms. The summed E-state index contributed by atoms with van der Waals surface area (Å²) in [4.78, 5) is 0. The third-order valence-corrected chi connectivity index (χ3v) is 2.57. The summed E-state index contributed by atoms with van der Waals surface area (Å²) in [6.45, 7) is 1.97. The normalized spacial score (nSPS) is 13.0. The van der Waals surface area contributed by atoms with E-state index in [0.29, 0.717) is 0 Å². The average Bonchev–Trinajstić information content (AvgIpc) is 2.03. The number of methoxy groups -OCH3 is 1. The largest absolute Gasteiger partial charge is 0.377 e. The molecule has 0 aromatic heterocycles. The van der Waals surface area contributed by atoms with Gasteiger partial charge in [-0.1, -0.05) is 33.6 Å². The Labute approximate surface area is 85.8 Å². The van der Waals surface area contributed by atoms with Crippen LogP contribution in [0.1, 0.15) is 18.6 Å². The molecule has 0 saturated heterocycles. The Morgan fingerprint density at radius 2 is 2.17 bits per heavy atom. The molecule has 0 heterocycles. The molecule has 0 bridgehead atoms. The quantitative estimate of drug-likeness (QED) is 0.774. The third-order valence-electron chi connectivity index (χ3n) is 1.75. The minimum atomic E-state index is 0.0469. The van der Waals surface area contributed by atoms with Gasteiger partial charge in [-0.15, -0.1) is 0 Å². The molecule has 0 aliphatic heterocycles. The Hall–Kier alpha value is -0.0500. The molecule has 1 atom stereocenters. The van der Waals surface area contributed by atoms with E-state index in [0.717, 1.165) is 15.1 Å². The first-order valence-corrected chi connectivity index (χ1v) is 4.80. The van der Waals surface area contributed by atoms with Crippen LogP contribution in [-0.4, -0.2) is 7.11 Å². The van der Waals surface area contributed by atoms with E-state index in [9.17, 15) is 0 Å². The van der Waals surface area contributed by atoms with Gasteiger partial charge in [0.25, 0.3) is 0 Å². The van der Waals surface area contributed by atoms with E-state index in [1.165, 1.54) is 0 Å². The summed E-state index contributed by atoms with van der Waals surface area (Å²) < 4.78 is 6.14. The molecule has 1 aromatic carbocycles. The zero-order valence-electron chi connectivity index (χ0n) is 6.97. The first-order chi connectivity index (χ1) is 5.65. The molecule has 0 fully saturated rings. The molecule has 0 amide bonds. The van der Waals surface area contributed by atoms with Gasteiger partial charge < -0.3 is 4.74 Å². The van der Waals surface area contributed by atoms with Crippen LogP contribution >= 0.6 is 27.5 Å². The second-order valence-corrected chi connectivity index (χ2v) is 3.87. The second-order valence-electron chi connectivity index (χ2n) is 2.54. The molecule has 0 N–H and O–H groups in total. The van der Waals surface area contributed by atoms with Crippen LogP contribution in [0.15, 0.2) is 22.7 Å². The standard InChI is InChI=1S/C9H10BrClO/c1-6(12-2)8-4-3-7(10)5-9(8)11/h3-6H,1-2H3. The van der Waals surface area contributed by atoms with Gasteiger partial charge >= 0.3 is 0 Å². The van der Waals surface area contributed by atoms with E-state index in [-0.39, 0.29) is 6.10 Å². The highest BCUT2D eigenvalue weighted by Crippen LogP contribution is 2.27. The number of rotatable bonds is 2. The highest BCUT2D eigenvalue weighted by atomic mass is 79.9. The first kappa shape index (κ1) is 10.0. The van der Waals surface area contributed by atoms with E-state index < -0.39 is 0 Å². The molecule has 3 heteroatoms. The number of ether oxygens (including phenoxy) is 1. The number of hydrogen-bond donors (Lipinski definition) is 0. The van der Waals surface area contributed by atoms with Crippen LogP contribution in [-0.2, 0) is 4.74 Å². The lowest BCUT2D eigenvalue weighted by molar-refractivity contribution is 0.119.